The van der Waals surface area contributed by atoms with Gasteiger partial charge in [0.25, 0.3) is 5.69 Å². The molecule has 1 atom stereocenters. The molecule has 0 saturated carbocycles. The van der Waals surface area contributed by atoms with Gasteiger partial charge in [0.2, 0.25) is 0 Å². The Labute approximate surface area is 157 Å². The molecule has 0 aliphatic carbocycles. The van der Waals surface area contributed by atoms with Crippen LogP contribution in [0.2, 0.25) is 0 Å². The third kappa shape index (κ3) is 3.64. The van der Waals surface area contributed by atoms with Crippen molar-refractivity contribution in [3.05, 3.63) is 58.6 Å². The zero-order chi connectivity index (χ0) is 18.8. The van der Waals surface area contributed by atoms with Crippen LogP contribution in [0, 0.1) is 16.0 Å². The number of hydrogen-bond donors (Lipinski definition) is 1. The predicted octanol–water partition coefficient (Wildman–Crippen LogP) is 3.90. The average Bonchev–Trinajstić information content (AvgIpc) is 2.69. The van der Waals surface area contributed by atoms with Crippen LogP contribution in [-0.2, 0) is 4.74 Å². The summed E-state index contributed by atoms with van der Waals surface area (Å²) in [5, 5.41) is 14.1. The number of piperidine rings is 3. The van der Waals surface area contributed by atoms with E-state index < -0.39 is 11.0 Å². The highest BCUT2D eigenvalue weighted by Crippen LogP contribution is 2.35. The summed E-state index contributed by atoms with van der Waals surface area (Å²) in [6.07, 6.45) is 1.51. The van der Waals surface area contributed by atoms with E-state index in [1.54, 1.807) is 42.5 Å². The number of nitro groups is 1. The number of anilines is 1. The third-order valence-corrected chi connectivity index (χ3v) is 5.41. The number of hydrogen-bond acceptors (Lipinski definition) is 5. The quantitative estimate of drug-likeness (QED) is 0.654. The molecule has 1 unspecified atom stereocenters. The fourth-order valence-electron chi connectivity index (χ4n) is 4.01. The zero-order valence-electron chi connectivity index (χ0n) is 14.8. The summed E-state index contributed by atoms with van der Waals surface area (Å²) in [7, 11) is 0. The van der Waals surface area contributed by atoms with E-state index in [0.717, 1.165) is 32.5 Å². The van der Waals surface area contributed by atoms with Gasteiger partial charge in [-0.05, 0) is 44.0 Å². The van der Waals surface area contributed by atoms with Crippen molar-refractivity contribution in [2.45, 2.75) is 18.9 Å². The molecule has 3 saturated heterocycles. The van der Waals surface area contributed by atoms with Gasteiger partial charge in [-0.1, -0.05) is 30.3 Å². The minimum absolute atomic E-state index is 0.00231. The molecule has 2 aromatic rings. The smallest absolute Gasteiger partial charge is 0.411 e. The summed E-state index contributed by atoms with van der Waals surface area (Å²) in [5.74, 6) is 0.422. The largest absolute Gasteiger partial charge is 0.444 e. The van der Waals surface area contributed by atoms with Gasteiger partial charge in [-0.2, -0.15) is 0 Å². The van der Waals surface area contributed by atoms with Gasteiger partial charge in [0.05, 0.1) is 16.2 Å². The van der Waals surface area contributed by atoms with Crippen molar-refractivity contribution >= 4 is 17.5 Å². The van der Waals surface area contributed by atoms with Gasteiger partial charge in [0, 0.05) is 18.2 Å². The number of nitrogens with one attached hydrogen (secondary N) is 1. The highest BCUT2D eigenvalue weighted by Gasteiger charge is 2.36. The second-order valence-electron chi connectivity index (χ2n) is 7.03. The standard InChI is InChI=1S/C20H21N3O4/c24-20(27-19-13-22-11-9-14(19)10-12-22)21-17-7-3-1-5-15(17)16-6-2-4-8-18(16)23(25)26/h1-8,14,19H,9-13H2,(H,21,24). The van der Waals surface area contributed by atoms with E-state index in [1.807, 2.05) is 0 Å². The average molecular weight is 367 g/mol. The van der Waals surface area contributed by atoms with Crippen LogP contribution in [0.1, 0.15) is 12.8 Å². The second-order valence-corrected chi connectivity index (χ2v) is 7.03. The summed E-state index contributed by atoms with van der Waals surface area (Å²) in [4.78, 5) is 25.7. The van der Waals surface area contributed by atoms with Crippen molar-refractivity contribution in [2.24, 2.45) is 5.92 Å². The predicted molar refractivity (Wildman–Crippen MR) is 102 cm³/mol. The molecule has 2 aromatic carbocycles. The van der Waals surface area contributed by atoms with Crippen LogP contribution < -0.4 is 5.32 Å². The lowest BCUT2D eigenvalue weighted by Gasteiger charge is -2.43. The second kappa shape index (κ2) is 7.36. The fourth-order valence-corrected chi connectivity index (χ4v) is 4.01. The molecule has 3 fully saturated rings. The van der Waals surface area contributed by atoms with Gasteiger partial charge in [-0.25, -0.2) is 4.79 Å². The van der Waals surface area contributed by atoms with Crippen LogP contribution in [0.4, 0.5) is 16.2 Å². The molecule has 5 rings (SSSR count). The van der Waals surface area contributed by atoms with Crippen molar-refractivity contribution in [1.29, 1.82) is 0 Å². The third-order valence-electron chi connectivity index (χ3n) is 5.41. The molecule has 1 N–H and O–H groups in total. The molecule has 7 heteroatoms. The molecule has 2 bridgehead atoms. The molecule has 0 spiro atoms. The molecule has 3 heterocycles. The van der Waals surface area contributed by atoms with Crippen LogP contribution >= 0.6 is 0 Å². The van der Waals surface area contributed by atoms with E-state index in [0.29, 0.717) is 22.7 Å². The lowest BCUT2D eigenvalue weighted by Crippen LogP contribution is -2.52. The number of ether oxygens (including phenoxy) is 1. The SMILES string of the molecule is O=C(Nc1ccccc1-c1ccccc1[N+](=O)[O-])OC1CN2CCC1CC2. The van der Waals surface area contributed by atoms with E-state index in [1.165, 1.54) is 6.07 Å². The first-order valence-corrected chi connectivity index (χ1v) is 9.14. The number of para-hydroxylation sites is 2. The van der Waals surface area contributed by atoms with Crippen LogP contribution in [0.15, 0.2) is 48.5 Å². The van der Waals surface area contributed by atoms with Crippen LogP contribution in [0.5, 0.6) is 0 Å². The maximum atomic E-state index is 12.5. The van der Waals surface area contributed by atoms with E-state index >= 15 is 0 Å². The van der Waals surface area contributed by atoms with Gasteiger partial charge in [-0.3, -0.25) is 20.3 Å². The van der Waals surface area contributed by atoms with E-state index in [4.69, 9.17) is 4.74 Å². The Kier molecular flexibility index (Phi) is 4.77. The number of rotatable bonds is 4. The first kappa shape index (κ1) is 17.5. The number of fused-ring (bicyclic) bond motifs is 3. The molecule has 0 aromatic heterocycles. The van der Waals surface area contributed by atoms with Gasteiger partial charge < -0.3 is 4.74 Å². The summed E-state index contributed by atoms with van der Waals surface area (Å²) in [5.41, 5.74) is 1.55. The van der Waals surface area contributed by atoms with E-state index in [-0.39, 0.29) is 11.8 Å². The lowest BCUT2D eigenvalue weighted by molar-refractivity contribution is -0.384. The normalized spacial score (nSPS) is 23.6. The number of carbonyl (C=O) groups excluding carboxylic acids is 1. The highest BCUT2D eigenvalue weighted by molar-refractivity contribution is 5.93. The number of nitrogens with zero attached hydrogens (tertiary/aromatic N) is 2. The van der Waals surface area contributed by atoms with Gasteiger partial charge >= 0.3 is 6.09 Å². The Bertz CT molecular complexity index is 862. The Balaban J connectivity index is 1.54. The van der Waals surface area contributed by atoms with Crippen molar-refractivity contribution < 1.29 is 14.5 Å². The van der Waals surface area contributed by atoms with E-state index in [2.05, 4.69) is 10.2 Å². The number of nitro benzene ring substituents is 1. The first-order chi connectivity index (χ1) is 13.1. The molecular formula is C20H21N3O4. The van der Waals surface area contributed by atoms with Crippen molar-refractivity contribution in [2.75, 3.05) is 25.0 Å². The van der Waals surface area contributed by atoms with Gasteiger partial charge in [-0.15, -0.1) is 0 Å². The van der Waals surface area contributed by atoms with Crippen molar-refractivity contribution in [3.63, 3.8) is 0 Å². The minimum Gasteiger partial charge on any atom is -0.444 e. The maximum absolute atomic E-state index is 12.5. The molecule has 3 aliphatic rings. The zero-order valence-corrected chi connectivity index (χ0v) is 14.8. The summed E-state index contributed by atoms with van der Waals surface area (Å²) in [6.45, 7) is 2.93. The van der Waals surface area contributed by atoms with E-state index in [9.17, 15) is 14.9 Å². The van der Waals surface area contributed by atoms with Crippen LogP contribution in [0.3, 0.4) is 0 Å². The number of benzene rings is 2. The number of carbonyl (C=O) groups is 1. The van der Waals surface area contributed by atoms with Crippen molar-refractivity contribution in [1.82, 2.24) is 4.90 Å². The maximum Gasteiger partial charge on any atom is 0.411 e. The van der Waals surface area contributed by atoms with Gasteiger partial charge in [0.1, 0.15) is 6.10 Å². The Morgan fingerprint density at radius 1 is 1.07 bits per heavy atom. The summed E-state index contributed by atoms with van der Waals surface area (Å²) >= 11 is 0. The molecule has 3 aliphatic heterocycles. The Hall–Kier alpha value is -2.93. The van der Waals surface area contributed by atoms with Crippen molar-refractivity contribution in [3.8, 4) is 11.1 Å². The molecule has 1 amide bonds. The molecule has 7 nitrogen and oxygen atoms in total. The lowest BCUT2D eigenvalue weighted by atomic mass is 9.86. The Morgan fingerprint density at radius 3 is 2.41 bits per heavy atom. The van der Waals surface area contributed by atoms with Gasteiger partial charge in [0.15, 0.2) is 0 Å². The highest BCUT2D eigenvalue weighted by atomic mass is 16.6. The van der Waals surface area contributed by atoms with Crippen LogP contribution in [-0.4, -0.2) is 41.7 Å². The summed E-state index contributed by atoms with van der Waals surface area (Å²) < 4.78 is 5.67. The molecule has 140 valence electrons. The number of amides is 1. The fraction of sp³-hybridized carbons (Fsp3) is 0.350. The minimum atomic E-state index is -0.514. The molecule has 0 radical (unpaired) electrons. The van der Waals surface area contributed by atoms with Crippen LogP contribution in [0.25, 0.3) is 11.1 Å². The summed E-state index contributed by atoms with van der Waals surface area (Å²) in [6, 6.07) is 13.5. The molecular weight excluding hydrogens is 346 g/mol. The monoisotopic (exact) mass is 367 g/mol. The Morgan fingerprint density at radius 2 is 1.74 bits per heavy atom. The first-order valence-electron chi connectivity index (χ1n) is 9.14. The topological polar surface area (TPSA) is 84.7 Å². The molecule has 27 heavy (non-hydrogen) atoms.